The van der Waals surface area contributed by atoms with Crippen LogP contribution in [-0.4, -0.2) is 55.9 Å². The first-order valence-corrected chi connectivity index (χ1v) is 22.0. The summed E-state index contributed by atoms with van der Waals surface area (Å²) in [7, 11) is -1.48. The number of benzene rings is 4. The third-order valence-electron chi connectivity index (χ3n) is 8.74. The van der Waals surface area contributed by atoms with Gasteiger partial charge in [-0.2, -0.15) is 0 Å². The minimum absolute atomic E-state index is 0. The van der Waals surface area contributed by atoms with Gasteiger partial charge in [0, 0.05) is 200 Å². The van der Waals surface area contributed by atoms with Gasteiger partial charge in [-0.1, -0.05) is 43.2 Å². The maximum Gasteiger partial charge on any atom is 0.188 e. The van der Waals surface area contributed by atoms with Crippen molar-refractivity contribution in [2.24, 2.45) is 0 Å². The Morgan fingerprint density at radius 2 is 0.939 bits per heavy atom. The van der Waals surface area contributed by atoms with E-state index in [1.807, 2.05) is 51.9 Å². The monoisotopic (exact) mass is 1300 g/mol. The van der Waals surface area contributed by atoms with Gasteiger partial charge in [-0.05, 0) is 149 Å². The molecule has 0 fully saturated rings. The molecule has 0 aliphatic carbocycles. The smallest absolute Gasteiger partial charge is 0.188 e. The Morgan fingerprint density at radius 3 is 1.32 bits per heavy atom. The molecule has 26 heteroatoms. The molecule has 0 aromatic heterocycles. The van der Waals surface area contributed by atoms with Crippen LogP contribution in [0.1, 0.15) is 87.2 Å². The van der Waals surface area contributed by atoms with Gasteiger partial charge in [0.1, 0.15) is 0 Å². The minimum atomic E-state index is -3.69. The van der Waals surface area contributed by atoms with E-state index in [4.69, 9.17) is 40.6 Å². The van der Waals surface area contributed by atoms with Crippen LogP contribution in [-0.2, 0) is 180 Å². The molecule has 0 bridgehead atoms. The van der Waals surface area contributed by atoms with Crippen LogP contribution in [0.25, 0.3) is 0 Å². The van der Waals surface area contributed by atoms with Crippen LogP contribution >= 0.6 is 0 Å². The molecular formula is C40H73B2N8O8S4Y4-. The van der Waals surface area contributed by atoms with Crippen molar-refractivity contribution in [2.75, 3.05) is 40.9 Å². The zero-order valence-corrected chi connectivity index (χ0v) is 50.8. The largest absolute Gasteiger partial charge is 0.419 e. The van der Waals surface area contributed by atoms with Crippen LogP contribution in [0.4, 0.5) is 28.4 Å². The number of nitrogens with zero attached hydrogens (tertiary/aromatic N) is 1. The topological polar surface area (TPSA) is 311 Å². The molecule has 0 aliphatic rings. The number of nitrogens with one attached hydrogen (secondary N) is 4. The molecule has 0 spiro atoms. The molecule has 0 heterocycles. The second kappa shape index (κ2) is 38.7. The first-order valence-electron chi connectivity index (χ1n) is 16.4. The predicted octanol–water partition coefficient (Wildman–Crippen LogP) is 10.0. The van der Waals surface area contributed by atoms with Gasteiger partial charge in [-0.25, -0.2) is 27.0 Å². The average Bonchev–Trinajstić information content (AvgIpc) is 3.07. The Bertz CT molecular complexity index is 2490. The molecule has 3 atom stereocenters. The Kier molecular flexibility index (Phi) is 52.2. The molecule has 13 N–H and O–H groups in total. The summed E-state index contributed by atoms with van der Waals surface area (Å²) >= 11 is 0. The molecule has 4 aromatic carbocycles. The fourth-order valence-corrected chi connectivity index (χ4v) is 8.25. The van der Waals surface area contributed by atoms with E-state index in [-0.39, 0.29) is 183 Å². The number of hydrogen-bond donors (Lipinski definition) is 10. The zero-order chi connectivity index (χ0) is 45.1. The summed E-state index contributed by atoms with van der Waals surface area (Å²) in [5, 5.41) is 0. The van der Waals surface area contributed by atoms with Gasteiger partial charge in [0.15, 0.2) is 30.0 Å². The number of rotatable bonds is 6. The van der Waals surface area contributed by atoms with E-state index in [1.165, 1.54) is 12.1 Å². The van der Waals surface area contributed by atoms with E-state index >= 15 is 0 Å². The number of nitrogen functional groups attached to an aromatic ring is 3. The van der Waals surface area contributed by atoms with Crippen molar-refractivity contribution in [2.45, 2.75) is 114 Å². The van der Waals surface area contributed by atoms with Crippen molar-refractivity contribution in [3.8, 4) is 0 Å². The molecule has 4 aromatic rings. The van der Waals surface area contributed by atoms with E-state index in [0.717, 1.165) is 33.5 Å². The number of aryl methyl sites for hydroxylation is 3. The van der Waals surface area contributed by atoms with Crippen LogP contribution in [0.5, 0.6) is 0 Å². The summed E-state index contributed by atoms with van der Waals surface area (Å²) in [5.41, 5.74) is 26.6. The molecule has 16 nitrogen and oxygen atoms in total. The molecular weight excluding hydrogens is 1230 g/mol. The summed E-state index contributed by atoms with van der Waals surface area (Å²) in [4.78, 5) is 2.27. The fourth-order valence-electron chi connectivity index (χ4n) is 5.01. The second-order valence-electron chi connectivity index (χ2n) is 13.0. The van der Waals surface area contributed by atoms with Gasteiger partial charge in [0.05, 0.1) is 14.7 Å². The van der Waals surface area contributed by atoms with Crippen molar-refractivity contribution >= 4 is 84.8 Å². The van der Waals surface area contributed by atoms with E-state index in [0.29, 0.717) is 45.0 Å². The van der Waals surface area contributed by atoms with E-state index in [9.17, 15) is 25.6 Å². The molecule has 0 saturated heterocycles. The van der Waals surface area contributed by atoms with Crippen LogP contribution < -0.4 is 26.8 Å². The van der Waals surface area contributed by atoms with Gasteiger partial charge in [-0.3, -0.25) is 13.7 Å². The number of hydrogen-bond acceptors (Lipinski definition) is 13. The molecule has 0 aliphatic heterocycles. The van der Waals surface area contributed by atoms with Crippen molar-refractivity contribution in [3.63, 3.8) is 0 Å². The van der Waals surface area contributed by atoms with E-state index < -0.39 is 40.9 Å². The fraction of sp³-hybridized carbons (Fsp3) is 0.400. The minimum Gasteiger partial charge on any atom is -0.419 e. The number of nitrogens with two attached hydrogens (primary N) is 3. The standard InChI is InChI=1S/C9H13N2O2S.2C9H14N2O2S.C8H12N2O2S.5CH4.B2.4Y/c1-7-4-5-8(11(2)3)6-9(7)10-14(12)13;1-5-6(2)8(10)4-9(7(5)3)14(11,12)13;1-5-4-8(10)7(3)9(6(5)2)14(11,12)13;1-5-3-7(9)4-8(6(5)2)13(10,11)12;;;;;;1-2;;;;/h4-6H,1-3H3,(H,10,12,13);2*4H,10H2,1-3H3,(H2,11,12,13);3-4H,9H2,1-2H3,(H2,10,11,12);5*1H4;;;;;/q-1;;;;;;;;;;;;;. The molecule has 0 saturated carbocycles. The van der Waals surface area contributed by atoms with Gasteiger partial charge < -0.3 is 35.2 Å². The maximum atomic E-state index is 11.3. The van der Waals surface area contributed by atoms with E-state index in [1.54, 1.807) is 59.7 Å². The average molecular weight is 1300 g/mol. The summed E-state index contributed by atoms with van der Waals surface area (Å²) in [5.74, 6) is 0. The Hall–Kier alpha value is 0.105. The quantitative estimate of drug-likeness (QED) is 0.0490. The SMILES string of the molecule is C.C.C.C.C.Cc1c(N)cc(S(=N)(=O)O)c(C)c1C.Cc1cc(N)c(C)c(S(=N)(=O)O)c1C.Cc1cc(N)cc(S(=N)(=O)O)c1C.Cc1ccc(N(C)C)cc1N[S-](=O)=O.[B][B].[Y].[Y].[Y].[Y]. The summed E-state index contributed by atoms with van der Waals surface area (Å²) in [6.07, 6.45) is 0. The molecule has 3 unspecified atom stereocenters. The summed E-state index contributed by atoms with van der Waals surface area (Å²) in [6, 6.07) is 11.9. The first kappa shape index (κ1) is 89.0. The Balaban J connectivity index is -0.0000000748. The van der Waals surface area contributed by atoms with Gasteiger partial charge in [0.25, 0.3) is 0 Å². The van der Waals surface area contributed by atoms with Crippen LogP contribution in [0.15, 0.2) is 57.2 Å². The number of anilines is 5. The molecule has 8 radical (unpaired) electrons. The molecule has 364 valence electrons. The van der Waals surface area contributed by atoms with Gasteiger partial charge in [-0.15, -0.1) is 0 Å². The first-order chi connectivity index (χ1) is 25.8. The summed E-state index contributed by atoms with van der Waals surface area (Å²) in [6.45, 7) is 15.9. The van der Waals surface area contributed by atoms with Gasteiger partial charge in [0.2, 0.25) is 0 Å². The predicted molar refractivity (Wildman–Crippen MR) is 269 cm³/mol. The Morgan fingerprint density at radius 1 is 0.545 bits per heavy atom. The zero-order valence-electron chi connectivity index (χ0n) is 36.2. The molecule has 4 rings (SSSR count). The van der Waals surface area contributed by atoms with Gasteiger partial charge >= 0.3 is 0 Å². The van der Waals surface area contributed by atoms with Crippen LogP contribution in [0.3, 0.4) is 0 Å². The van der Waals surface area contributed by atoms with Crippen molar-refractivity contribution in [1.82, 2.24) is 0 Å². The van der Waals surface area contributed by atoms with Crippen molar-refractivity contribution in [1.29, 1.82) is 14.3 Å². The third-order valence-corrected chi connectivity index (χ3v) is 12.3. The van der Waals surface area contributed by atoms with Crippen LogP contribution in [0.2, 0.25) is 0 Å². The van der Waals surface area contributed by atoms with Crippen molar-refractivity contribution in [3.05, 3.63) is 92.5 Å². The third kappa shape index (κ3) is 28.2. The second-order valence-corrected chi connectivity index (χ2v) is 18.1. The maximum absolute atomic E-state index is 11.3. The molecule has 0 amide bonds. The van der Waals surface area contributed by atoms with E-state index in [2.05, 4.69) is 20.2 Å². The van der Waals surface area contributed by atoms with Crippen LogP contribution in [0, 0.1) is 76.7 Å². The normalized spacial score (nSPS) is 11.7. The summed E-state index contributed by atoms with van der Waals surface area (Å²) < 4.78 is 106. The Labute approximate surface area is 505 Å². The molecule has 66 heavy (non-hydrogen) atoms. The van der Waals surface area contributed by atoms with Crippen molar-refractivity contribution < 1.29 is 166 Å².